The Morgan fingerprint density at radius 1 is 1.22 bits per heavy atom. The van der Waals surface area contributed by atoms with Gasteiger partial charge in [-0.15, -0.1) is 0 Å². The molecule has 0 fully saturated rings. The number of rotatable bonds is 5. The van der Waals surface area contributed by atoms with Crippen LogP contribution in [0.15, 0.2) is 51.9 Å². The number of aromatic nitrogens is 2. The zero-order valence-corrected chi connectivity index (χ0v) is 15.8. The average Bonchev–Trinajstić information content (AvgIpc) is 2.65. The predicted molar refractivity (Wildman–Crippen MR) is 98.9 cm³/mol. The molecule has 1 aromatic carbocycles. The van der Waals surface area contributed by atoms with Gasteiger partial charge in [-0.1, -0.05) is 0 Å². The molecule has 0 amide bonds. The number of pyridine rings is 2. The summed E-state index contributed by atoms with van der Waals surface area (Å²) in [4.78, 5) is 16.8. The summed E-state index contributed by atoms with van der Waals surface area (Å²) in [5, 5.41) is 9.23. The van der Waals surface area contributed by atoms with Crippen LogP contribution in [0.1, 0.15) is 17.0 Å². The molecule has 1 N–H and O–H groups in total. The number of aliphatic hydroxyl groups is 1. The molecule has 0 unspecified atom stereocenters. The van der Waals surface area contributed by atoms with Crippen molar-refractivity contribution in [1.29, 1.82) is 0 Å². The van der Waals surface area contributed by atoms with Crippen LogP contribution in [-0.2, 0) is 13.2 Å². The Morgan fingerprint density at radius 3 is 2.70 bits per heavy atom. The predicted octanol–water partition coefficient (Wildman–Crippen LogP) is 3.65. The maximum atomic E-state index is 13.7. The molecule has 0 saturated heterocycles. The quantitative estimate of drug-likeness (QED) is 0.662. The van der Waals surface area contributed by atoms with Gasteiger partial charge in [-0.05, 0) is 47.1 Å². The lowest BCUT2D eigenvalue weighted by Crippen LogP contribution is -2.22. The summed E-state index contributed by atoms with van der Waals surface area (Å²) in [5.74, 6) is -1.14. The minimum Gasteiger partial charge on any atom is -0.487 e. The molecule has 2 aromatic heterocycles. The molecule has 0 aliphatic heterocycles. The SMILES string of the molecule is Cc1cc(OCc2ccc(F)cc2F)c(Br)c(=O)n1-c1ccnc(CO)c1. The zero-order valence-electron chi connectivity index (χ0n) is 14.2. The van der Waals surface area contributed by atoms with Crippen molar-refractivity contribution in [2.45, 2.75) is 20.1 Å². The van der Waals surface area contributed by atoms with Crippen LogP contribution in [0, 0.1) is 18.6 Å². The van der Waals surface area contributed by atoms with Crippen LogP contribution >= 0.6 is 15.9 Å². The molecule has 5 nitrogen and oxygen atoms in total. The van der Waals surface area contributed by atoms with Crippen molar-refractivity contribution < 1.29 is 18.6 Å². The topological polar surface area (TPSA) is 64.4 Å². The molecule has 140 valence electrons. The molecular formula is C19H15BrF2N2O3. The molecule has 0 spiro atoms. The lowest BCUT2D eigenvalue weighted by atomic mass is 10.2. The fourth-order valence-electron chi connectivity index (χ4n) is 2.59. The van der Waals surface area contributed by atoms with Crippen molar-refractivity contribution in [2.24, 2.45) is 0 Å². The third kappa shape index (κ3) is 4.06. The number of hydrogen-bond acceptors (Lipinski definition) is 4. The summed E-state index contributed by atoms with van der Waals surface area (Å²) in [5.41, 5.74) is 1.36. The third-order valence-electron chi connectivity index (χ3n) is 3.92. The summed E-state index contributed by atoms with van der Waals surface area (Å²) in [7, 11) is 0. The van der Waals surface area contributed by atoms with Gasteiger partial charge in [0.1, 0.15) is 28.5 Å². The number of nitrogens with zero attached hydrogens (tertiary/aromatic N) is 2. The van der Waals surface area contributed by atoms with Gasteiger partial charge in [0.25, 0.3) is 5.56 Å². The summed E-state index contributed by atoms with van der Waals surface area (Å²) >= 11 is 3.22. The number of benzene rings is 1. The van der Waals surface area contributed by atoms with Crippen molar-refractivity contribution in [1.82, 2.24) is 9.55 Å². The van der Waals surface area contributed by atoms with Crippen LogP contribution in [-0.4, -0.2) is 14.7 Å². The molecule has 8 heteroatoms. The first kappa shape index (κ1) is 19.2. The second-order valence-electron chi connectivity index (χ2n) is 5.79. The minimum absolute atomic E-state index is 0.155. The minimum atomic E-state index is -0.718. The number of halogens is 3. The van der Waals surface area contributed by atoms with Gasteiger partial charge in [0.15, 0.2) is 0 Å². The van der Waals surface area contributed by atoms with Gasteiger partial charge in [0.05, 0.1) is 18.0 Å². The third-order valence-corrected chi connectivity index (χ3v) is 4.65. The van der Waals surface area contributed by atoms with E-state index in [0.717, 1.165) is 12.1 Å². The molecule has 0 bridgehead atoms. The Morgan fingerprint density at radius 2 is 2.00 bits per heavy atom. The first-order valence-electron chi connectivity index (χ1n) is 7.95. The Balaban J connectivity index is 1.94. The van der Waals surface area contributed by atoms with Crippen LogP contribution in [0.25, 0.3) is 5.69 Å². The standard InChI is InChI=1S/C19H15BrF2N2O3/c1-11-6-17(27-10-12-2-3-13(21)7-16(12)22)18(20)19(26)24(11)15-4-5-23-14(8-15)9-25/h2-8,25H,9-10H2,1H3. The average molecular weight is 437 g/mol. The highest BCUT2D eigenvalue weighted by molar-refractivity contribution is 9.10. The molecule has 3 aromatic rings. The van der Waals surface area contributed by atoms with E-state index in [1.807, 2.05) is 0 Å². The Kier molecular flexibility index (Phi) is 5.67. The molecule has 0 saturated carbocycles. The lowest BCUT2D eigenvalue weighted by molar-refractivity contribution is 0.277. The lowest BCUT2D eigenvalue weighted by Gasteiger charge is -2.15. The van der Waals surface area contributed by atoms with Crippen molar-refractivity contribution in [3.05, 3.63) is 86.0 Å². The van der Waals surface area contributed by atoms with E-state index in [0.29, 0.717) is 17.1 Å². The summed E-state index contributed by atoms with van der Waals surface area (Å²) < 4.78 is 33.9. The number of aliphatic hydroxyl groups excluding tert-OH is 1. The van der Waals surface area contributed by atoms with Crippen LogP contribution in [0.3, 0.4) is 0 Å². The molecule has 0 radical (unpaired) electrons. The fraction of sp³-hybridized carbons (Fsp3) is 0.158. The van der Waals surface area contributed by atoms with Gasteiger partial charge >= 0.3 is 0 Å². The van der Waals surface area contributed by atoms with Gasteiger partial charge < -0.3 is 9.84 Å². The molecule has 0 atom stereocenters. The van der Waals surface area contributed by atoms with E-state index in [4.69, 9.17) is 4.74 Å². The molecule has 2 heterocycles. The van der Waals surface area contributed by atoms with E-state index < -0.39 is 11.6 Å². The smallest absolute Gasteiger partial charge is 0.273 e. The number of hydrogen-bond donors (Lipinski definition) is 1. The highest BCUT2D eigenvalue weighted by atomic mass is 79.9. The van der Waals surface area contributed by atoms with Crippen LogP contribution in [0.2, 0.25) is 0 Å². The van der Waals surface area contributed by atoms with Crippen molar-refractivity contribution in [3.63, 3.8) is 0 Å². The van der Waals surface area contributed by atoms with Crippen molar-refractivity contribution in [2.75, 3.05) is 0 Å². The first-order valence-corrected chi connectivity index (χ1v) is 8.75. The number of ether oxygens (including phenoxy) is 1. The van der Waals surface area contributed by atoms with E-state index in [-0.39, 0.29) is 34.6 Å². The van der Waals surface area contributed by atoms with Crippen molar-refractivity contribution >= 4 is 15.9 Å². The van der Waals surface area contributed by atoms with E-state index in [2.05, 4.69) is 20.9 Å². The normalized spacial score (nSPS) is 10.9. The second-order valence-corrected chi connectivity index (χ2v) is 6.59. The van der Waals surface area contributed by atoms with Crippen LogP contribution in [0.5, 0.6) is 5.75 Å². The van der Waals surface area contributed by atoms with Gasteiger partial charge in [0, 0.05) is 29.6 Å². The second kappa shape index (κ2) is 7.98. The molecule has 0 aliphatic rings. The van der Waals surface area contributed by atoms with Gasteiger partial charge in [-0.25, -0.2) is 8.78 Å². The largest absolute Gasteiger partial charge is 0.487 e. The molecule has 3 rings (SSSR count). The van der Waals surface area contributed by atoms with Gasteiger partial charge in [-0.2, -0.15) is 0 Å². The maximum Gasteiger partial charge on any atom is 0.273 e. The Bertz CT molecular complexity index is 1050. The molecular weight excluding hydrogens is 422 g/mol. The van der Waals surface area contributed by atoms with Gasteiger partial charge in [-0.3, -0.25) is 14.3 Å². The monoisotopic (exact) mass is 436 g/mol. The number of aryl methyl sites for hydroxylation is 1. The van der Waals surface area contributed by atoms with E-state index >= 15 is 0 Å². The highest BCUT2D eigenvalue weighted by Crippen LogP contribution is 2.25. The van der Waals surface area contributed by atoms with E-state index in [1.54, 1.807) is 25.1 Å². The van der Waals surface area contributed by atoms with Gasteiger partial charge in [0.2, 0.25) is 0 Å². The maximum absolute atomic E-state index is 13.7. The molecule has 27 heavy (non-hydrogen) atoms. The van der Waals surface area contributed by atoms with Crippen LogP contribution < -0.4 is 10.3 Å². The summed E-state index contributed by atoms with van der Waals surface area (Å²) in [6.45, 7) is 1.32. The summed E-state index contributed by atoms with van der Waals surface area (Å²) in [6, 6.07) is 8.09. The van der Waals surface area contributed by atoms with Crippen molar-refractivity contribution in [3.8, 4) is 11.4 Å². The summed E-state index contributed by atoms with van der Waals surface area (Å²) in [6.07, 6.45) is 1.50. The van der Waals surface area contributed by atoms with E-state index in [1.165, 1.54) is 16.8 Å². The Labute approximate surface area is 162 Å². The molecule has 0 aliphatic carbocycles. The fourth-order valence-corrected chi connectivity index (χ4v) is 3.00. The first-order chi connectivity index (χ1) is 12.9. The van der Waals surface area contributed by atoms with Crippen LogP contribution in [0.4, 0.5) is 8.78 Å². The Hall–Kier alpha value is -2.58. The van der Waals surface area contributed by atoms with E-state index in [9.17, 15) is 18.7 Å². The zero-order chi connectivity index (χ0) is 19.6. The highest BCUT2D eigenvalue weighted by Gasteiger charge is 2.15.